The zero-order valence-electron chi connectivity index (χ0n) is 10.5. The third kappa shape index (κ3) is 2.10. The maximum Gasteiger partial charge on any atom is 0.336 e. The van der Waals surface area contributed by atoms with Crippen molar-refractivity contribution < 1.29 is 19.8 Å². The highest BCUT2D eigenvalue weighted by Gasteiger charge is 2.35. The number of carboxylic acid groups (broad SMARTS) is 2. The number of terminal acetylenes is 1. The first-order valence-electron chi connectivity index (χ1n) is 5.94. The molecule has 0 amide bonds. The molecule has 1 atom stereocenters. The van der Waals surface area contributed by atoms with Gasteiger partial charge in [0, 0.05) is 5.56 Å². The predicted octanol–water partition coefficient (Wildman–Crippen LogP) is 2.47. The van der Waals surface area contributed by atoms with Crippen LogP contribution in [0, 0.1) is 12.3 Å². The molecule has 1 aliphatic rings. The van der Waals surface area contributed by atoms with E-state index in [0.717, 1.165) is 0 Å². The molecule has 2 rings (SSSR count). The van der Waals surface area contributed by atoms with E-state index in [9.17, 15) is 19.8 Å². The molecular weight excluding hydrogens is 256 g/mol. The van der Waals surface area contributed by atoms with E-state index in [2.05, 4.69) is 5.92 Å². The van der Waals surface area contributed by atoms with Crippen molar-refractivity contribution in [1.82, 2.24) is 0 Å². The summed E-state index contributed by atoms with van der Waals surface area (Å²) in [5.74, 6) is 0.172. The molecule has 2 N–H and O–H groups in total. The summed E-state index contributed by atoms with van der Waals surface area (Å²) in [4.78, 5) is 22.8. The lowest BCUT2D eigenvalue weighted by atomic mass is 9.72. The molecule has 0 saturated carbocycles. The van der Waals surface area contributed by atoms with E-state index in [1.165, 1.54) is 18.2 Å². The van der Waals surface area contributed by atoms with Gasteiger partial charge in [0.25, 0.3) is 0 Å². The number of allylic oxidation sites excluding steroid dienone is 4. The first-order chi connectivity index (χ1) is 9.52. The van der Waals surface area contributed by atoms with E-state index in [4.69, 9.17) is 6.42 Å². The quantitative estimate of drug-likeness (QED) is 0.826. The van der Waals surface area contributed by atoms with Crippen LogP contribution in [0.3, 0.4) is 0 Å². The zero-order valence-corrected chi connectivity index (χ0v) is 10.5. The first kappa shape index (κ1) is 13.6. The molecule has 1 unspecified atom stereocenters. The van der Waals surface area contributed by atoms with Crippen molar-refractivity contribution in [3.63, 3.8) is 0 Å². The Morgan fingerprint density at radius 1 is 1.15 bits per heavy atom. The van der Waals surface area contributed by atoms with Gasteiger partial charge in [0.15, 0.2) is 0 Å². The van der Waals surface area contributed by atoms with Gasteiger partial charge in [-0.3, -0.25) is 0 Å². The molecular formula is C16H12O4. The average molecular weight is 268 g/mol. The molecule has 1 aromatic rings. The van der Waals surface area contributed by atoms with Crippen LogP contribution in [0.4, 0.5) is 0 Å². The third-order valence-electron chi connectivity index (χ3n) is 3.30. The number of hydrogen-bond donors (Lipinski definition) is 2. The fraction of sp³-hybridized carbons (Fsp3) is 0.125. The van der Waals surface area contributed by atoms with Gasteiger partial charge in [-0.2, -0.15) is 0 Å². The van der Waals surface area contributed by atoms with Crippen LogP contribution in [0.2, 0.25) is 0 Å². The Hall–Kier alpha value is -2.80. The van der Waals surface area contributed by atoms with Gasteiger partial charge < -0.3 is 10.2 Å². The second-order valence-electron chi connectivity index (χ2n) is 4.45. The van der Waals surface area contributed by atoms with Crippen LogP contribution in [0.25, 0.3) is 0 Å². The van der Waals surface area contributed by atoms with Crippen molar-refractivity contribution in [2.45, 2.75) is 11.8 Å². The Morgan fingerprint density at radius 3 is 2.15 bits per heavy atom. The predicted molar refractivity (Wildman–Crippen MR) is 73.8 cm³/mol. The average Bonchev–Trinajstić information content (AvgIpc) is 2.47. The smallest absolute Gasteiger partial charge is 0.336 e. The van der Waals surface area contributed by atoms with Crippen molar-refractivity contribution in [1.29, 1.82) is 0 Å². The van der Waals surface area contributed by atoms with Crippen LogP contribution in [-0.2, 0) is 5.41 Å². The minimum Gasteiger partial charge on any atom is -0.478 e. The highest BCUT2D eigenvalue weighted by molar-refractivity contribution is 5.98. The lowest BCUT2D eigenvalue weighted by molar-refractivity contribution is 0.0694. The summed E-state index contributed by atoms with van der Waals surface area (Å²) in [5.41, 5.74) is -1.05. The molecule has 0 saturated heterocycles. The number of benzene rings is 1. The van der Waals surface area contributed by atoms with Crippen LogP contribution in [0.5, 0.6) is 0 Å². The summed E-state index contributed by atoms with van der Waals surface area (Å²) < 4.78 is 0. The molecule has 1 aromatic carbocycles. The second-order valence-corrected chi connectivity index (χ2v) is 4.45. The van der Waals surface area contributed by atoms with Crippen molar-refractivity contribution in [3.8, 4) is 12.3 Å². The van der Waals surface area contributed by atoms with Crippen molar-refractivity contribution >= 4 is 11.9 Å². The van der Waals surface area contributed by atoms with Gasteiger partial charge in [-0.15, -0.1) is 6.42 Å². The summed E-state index contributed by atoms with van der Waals surface area (Å²) >= 11 is 0. The van der Waals surface area contributed by atoms with E-state index < -0.39 is 17.4 Å². The van der Waals surface area contributed by atoms with Crippen LogP contribution in [-0.4, -0.2) is 22.2 Å². The van der Waals surface area contributed by atoms with E-state index >= 15 is 0 Å². The number of carboxylic acids is 2. The molecule has 0 radical (unpaired) electrons. The van der Waals surface area contributed by atoms with Crippen LogP contribution in [0.15, 0.2) is 42.5 Å². The van der Waals surface area contributed by atoms with Crippen molar-refractivity contribution in [3.05, 3.63) is 59.2 Å². The van der Waals surface area contributed by atoms with Crippen LogP contribution >= 0.6 is 0 Å². The normalized spacial score (nSPS) is 20.4. The van der Waals surface area contributed by atoms with Gasteiger partial charge in [-0.05, 0) is 18.6 Å². The maximum absolute atomic E-state index is 11.4. The minimum absolute atomic E-state index is 0.0807. The van der Waals surface area contributed by atoms with Gasteiger partial charge in [-0.1, -0.05) is 36.3 Å². The van der Waals surface area contributed by atoms with Crippen molar-refractivity contribution in [2.75, 3.05) is 0 Å². The Bertz CT molecular complexity index is 644. The number of aromatic carboxylic acids is 2. The molecule has 4 heteroatoms. The Labute approximate surface area is 116 Å². The molecule has 1 aliphatic carbocycles. The number of rotatable bonds is 3. The van der Waals surface area contributed by atoms with E-state index in [-0.39, 0.29) is 16.7 Å². The van der Waals surface area contributed by atoms with Gasteiger partial charge in [0.1, 0.15) is 0 Å². The molecule has 20 heavy (non-hydrogen) atoms. The molecule has 0 aromatic heterocycles. The number of carbonyl (C=O) groups is 2. The Balaban J connectivity index is 2.80. The van der Waals surface area contributed by atoms with Crippen LogP contribution < -0.4 is 0 Å². The summed E-state index contributed by atoms with van der Waals surface area (Å²) in [5, 5.41) is 18.6. The molecule has 0 bridgehead atoms. The lowest BCUT2D eigenvalue weighted by Gasteiger charge is -2.28. The molecule has 100 valence electrons. The summed E-state index contributed by atoms with van der Waals surface area (Å²) in [6.45, 7) is 0. The Morgan fingerprint density at radius 2 is 1.75 bits per heavy atom. The molecule has 0 spiro atoms. The zero-order chi connectivity index (χ0) is 14.8. The standard InChI is InChI=1S/C16H12O4/c1-2-16(9-4-3-5-10-16)13-11(14(17)18)7-6-8-12(13)15(19)20/h1,3-9H,10H2,(H,17,18)(H,19,20). The summed E-state index contributed by atoms with van der Waals surface area (Å²) in [6, 6.07) is 4.15. The monoisotopic (exact) mass is 268 g/mol. The fourth-order valence-corrected chi connectivity index (χ4v) is 2.37. The highest BCUT2D eigenvalue weighted by Crippen LogP contribution is 2.36. The minimum atomic E-state index is -1.19. The van der Waals surface area contributed by atoms with Gasteiger partial charge in [0.05, 0.1) is 16.5 Å². The molecule has 4 nitrogen and oxygen atoms in total. The van der Waals surface area contributed by atoms with Crippen molar-refractivity contribution in [2.24, 2.45) is 0 Å². The lowest BCUT2D eigenvalue weighted by Crippen LogP contribution is -2.28. The number of hydrogen-bond acceptors (Lipinski definition) is 2. The largest absolute Gasteiger partial charge is 0.478 e. The topological polar surface area (TPSA) is 74.6 Å². The fourth-order valence-electron chi connectivity index (χ4n) is 2.37. The van der Waals surface area contributed by atoms with E-state index in [0.29, 0.717) is 6.42 Å². The summed E-state index contributed by atoms with van der Waals surface area (Å²) in [7, 11) is 0. The van der Waals surface area contributed by atoms with Gasteiger partial charge in [-0.25, -0.2) is 9.59 Å². The SMILES string of the molecule is C#CC1(c2c(C(=O)O)cccc2C(=O)O)C=CC=CC1. The molecule has 0 aliphatic heterocycles. The molecule has 0 fully saturated rings. The third-order valence-corrected chi connectivity index (χ3v) is 3.30. The molecule has 0 heterocycles. The maximum atomic E-state index is 11.4. The van der Waals surface area contributed by atoms with Crippen LogP contribution in [0.1, 0.15) is 32.7 Å². The van der Waals surface area contributed by atoms with E-state index in [1.807, 2.05) is 0 Å². The Kier molecular flexibility index (Phi) is 3.45. The van der Waals surface area contributed by atoms with Gasteiger partial charge in [0.2, 0.25) is 0 Å². The summed E-state index contributed by atoms with van der Waals surface area (Å²) in [6.07, 6.45) is 12.9. The van der Waals surface area contributed by atoms with Gasteiger partial charge >= 0.3 is 11.9 Å². The second kappa shape index (κ2) is 5.06. The highest BCUT2D eigenvalue weighted by atomic mass is 16.4. The first-order valence-corrected chi connectivity index (χ1v) is 5.94. The van der Waals surface area contributed by atoms with E-state index in [1.54, 1.807) is 24.3 Å².